The van der Waals surface area contributed by atoms with Crippen LogP contribution in [0.1, 0.15) is 16.6 Å². The highest BCUT2D eigenvalue weighted by atomic mass is 32.1. The van der Waals surface area contributed by atoms with Crippen molar-refractivity contribution >= 4 is 22.5 Å². The minimum atomic E-state index is -0.264. The van der Waals surface area contributed by atoms with Gasteiger partial charge in [-0.15, -0.1) is 10.2 Å². The first-order valence-corrected chi connectivity index (χ1v) is 8.76. The number of aryl methyl sites for hydroxylation is 1. The van der Waals surface area contributed by atoms with Gasteiger partial charge in [0.1, 0.15) is 5.01 Å². The van der Waals surface area contributed by atoms with E-state index in [1.807, 2.05) is 25.1 Å². The van der Waals surface area contributed by atoms with Crippen molar-refractivity contribution in [2.24, 2.45) is 0 Å². The van der Waals surface area contributed by atoms with Gasteiger partial charge in [-0.05, 0) is 12.5 Å². The van der Waals surface area contributed by atoms with Crippen molar-refractivity contribution in [2.75, 3.05) is 38.2 Å². The van der Waals surface area contributed by atoms with Crippen molar-refractivity contribution in [3.8, 4) is 0 Å². The summed E-state index contributed by atoms with van der Waals surface area (Å²) in [7, 11) is 0. The zero-order valence-corrected chi connectivity index (χ0v) is 14.4. The number of aromatic nitrogens is 2. The van der Waals surface area contributed by atoms with Crippen LogP contribution in [0, 0.1) is 6.92 Å². The third-order valence-electron chi connectivity index (χ3n) is 3.87. The predicted octanol–water partition coefficient (Wildman–Crippen LogP) is 2.04. The first-order chi connectivity index (χ1) is 11.7. The number of urea groups is 1. The molecule has 0 spiro atoms. The van der Waals surface area contributed by atoms with E-state index in [4.69, 9.17) is 4.74 Å². The van der Waals surface area contributed by atoms with E-state index in [2.05, 4.69) is 37.9 Å². The summed E-state index contributed by atoms with van der Waals surface area (Å²) in [6, 6.07) is 10.1. The first-order valence-electron chi connectivity index (χ1n) is 7.94. The number of morpholine rings is 1. The summed E-state index contributed by atoms with van der Waals surface area (Å²) >= 11 is 1.35. The molecule has 2 heterocycles. The van der Waals surface area contributed by atoms with Crippen molar-refractivity contribution in [1.29, 1.82) is 0 Å². The molecule has 0 unspecified atom stereocenters. The lowest BCUT2D eigenvalue weighted by Gasteiger charge is -2.34. The van der Waals surface area contributed by atoms with Gasteiger partial charge in [-0.1, -0.05) is 41.7 Å². The van der Waals surface area contributed by atoms with Crippen LogP contribution in [0.5, 0.6) is 0 Å². The molecule has 24 heavy (non-hydrogen) atoms. The summed E-state index contributed by atoms with van der Waals surface area (Å²) in [5, 5.41) is 14.8. The molecule has 0 aliphatic carbocycles. The monoisotopic (exact) mass is 347 g/mol. The fourth-order valence-corrected chi connectivity index (χ4v) is 3.29. The molecule has 2 amide bonds. The standard InChI is InChI=1S/C16H21N5O2S/c1-12-19-20-16(24-12)18-15(22)17-11-14(13-5-3-2-4-6-13)21-7-9-23-10-8-21/h2-6,14H,7-11H2,1H3,(H2,17,18,20,22)/t14-/m1/s1. The molecule has 0 radical (unpaired) electrons. The molecule has 128 valence electrons. The maximum Gasteiger partial charge on any atom is 0.321 e. The molecule has 3 rings (SSSR count). The molecule has 1 fully saturated rings. The molecule has 1 aliphatic rings. The molecule has 1 aliphatic heterocycles. The van der Waals surface area contributed by atoms with Crippen molar-refractivity contribution in [1.82, 2.24) is 20.4 Å². The van der Waals surface area contributed by atoms with E-state index in [-0.39, 0.29) is 12.1 Å². The Bertz CT molecular complexity index is 657. The van der Waals surface area contributed by atoms with Crippen LogP contribution in [0.3, 0.4) is 0 Å². The highest BCUT2D eigenvalue weighted by molar-refractivity contribution is 7.15. The van der Waals surface area contributed by atoms with Gasteiger partial charge in [-0.25, -0.2) is 4.79 Å². The Morgan fingerprint density at radius 3 is 2.71 bits per heavy atom. The quantitative estimate of drug-likeness (QED) is 0.865. The van der Waals surface area contributed by atoms with Crippen LogP contribution in [0.25, 0.3) is 0 Å². The predicted molar refractivity (Wildman–Crippen MR) is 93.2 cm³/mol. The summed E-state index contributed by atoms with van der Waals surface area (Å²) in [5.41, 5.74) is 1.19. The lowest BCUT2D eigenvalue weighted by Crippen LogP contribution is -2.44. The van der Waals surface area contributed by atoms with Crippen molar-refractivity contribution in [3.63, 3.8) is 0 Å². The van der Waals surface area contributed by atoms with Gasteiger partial charge >= 0.3 is 6.03 Å². The Morgan fingerprint density at radius 1 is 1.29 bits per heavy atom. The molecular formula is C16H21N5O2S. The number of anilines is 1. The molecule has 2 aromatic rings. The number of rotatable bonds is 5. The fraction of sp³-hybridized carbons (Fsp3) is 0.438. The van der Waals surface area contributed by atoms with E-state index in [9.17, 15) is 4.79 Å². The molecule has 1 aromatic heterocycles. The second-order valence-corrected chi connectivity index (χ2v) is 6.72. The van der Waals surface area contributed by atoms with Gasteiger partial charge in [0.15, 0.2) is 0 Å². The minimum absolute atomic E-state index is 0.122. The largest absolute Gasteiger partial charge is 0.379 e. The number of nitrogens with zero attached hydrogens (tertiary/aromatic N) is 3. The Morgan fingerprint density at radius 2 is 2.04 bits per heavy atom. The van der Waals surface area contributed by atoms with E-state index < -0.39 is 0 Å². The van der Waals surface area contributed by atoms with E-state index in [1.54, 1.807) is 0 Å². The van der Waals surface area contributed by atoms with Crippen LogP contribution in [-0.4, -0.2) is 54.0 Å². The Hall–Kier alpha value is -2.03. The first kappa shape index (κ1) is 16.8. The molecule has 1 atom stereocenters. The van der Waals surface area contributed by atoms with E-state index in [0.29, 0.717) is 11.7 Å². The smallest absolute Gasteiger partial charge is 0.321 e. The number of amides is 2. The van der Waals surface area contributed by atoms with Crippen LogP contribution < -0.4 is 10.6 Å². The highest BCUT2D eigenvalue weighted by Crippen LogP contribution is 2.21. The Labute approximate surface area is 145 Å². The number of nitrogens with one attached hydrogen (secondary N) is 2. The molecule has 1 saturated heterocycles. The van der Waals surface area contributed by atoms with Crippen LogP contribution in [0.15, 0.2) is 30.3 Å². The average Bonchev–Trinajstić information content (AvgIpc) is 3.02. The lowest BCUT2D eigenvalue weighted by molar-refractivity contribution is 0.0168. The molecule has 0 bridgehead atoms. The number of ether oxygens (including phenoxy) is 1. The van der Waals surface area contributed by atoms with Crippen molar-refractivity contribution in [2.45, 2.75) is 13.0 Å². The molecule has 0 saturated carbocycles. The fourth-order valence-electron chi connectivity index (χ4n) is 2.70. The van der Waals surface area contributed by atoms with Crippen molar-refractivity contribution < 1.29 is 9.53 Å². The van der Waals surface area contributed by atoms with Crippen molar-refractivity contribution in [3.05, 3.63) is 40.9 Å². The summed E-state index contributed by atoms with van der Waals surface area (Å²) in [6.07, 6.45) is 0. The molecule has 1 aromatic carbocycles. The highest BCUT2D eigenvalue weighted by Gasteiger charge is 2.23. The number of benzene rings is 1. The average molecular weight is 347 g/mol. The number of hydrogen-bond acceptors (Lipinski definition) is 6. The number of hydrogen-bond donors (Lipinski definition) is 2. The maximum absolute atomic E-state index is 12.1. The minimum Gasteiger partial charge on any atom is -0.379 e. The van der Waals surface area contributed by atoms with E-state index in [1.165, 1.54) is 16.9 Å². The summed E-state index contributed by atoms with van der Waals surface area (Å²) in [5.74, 6) is 0. The maximum atomic E-state index is 12.1. The van der Waals surface area contributed by atoms with Gasteiger partial charge < -0.3 is 10.1 Å². The second kappa shape index (κ2) is 8.18. The third-order valence-corrected chi connectivity index (χ3v) is 4.63. The molecule has 7 nitrogen and oxygen atoms in total. The molecular weight excluding hydrogens is 326 g/mol. The zero-order chi connectivity index (χ0) is 16.8. The summed E-state index contributed by atoms with van der Waals surface area (Å²) in [4.78, 5) is 14.5. The van der Waals surface area contributed by atoms with Crippen LogP contribution >= 0.6 is 11.3 Å². The van der Waals surface area contributed by atoms with E-state index in [0.717, 1.165) is 31.3 Å². The molecule has 8 heteroatoms. The SMILES string of the molecule is Cc1nnc(NC(=O)NC[C@H](c2ccccc2)N2CCOCC2)s1. The van der Waals surface area contributed by atoms with Gasteiger partial charge in [0.25, 0.3) is 0 Å². The Balaban J connectivity index is 1.62. The number of carbonyl (C=O) groups is 1. The van der Waals surface area contributed by atoms with Gasteiger partial charge in [0.05, 0.1) is 19.3 Å². The third kappa shape index (κ3) is 4.50. The van der Waals surface area contributed by atoms with E-state index >= 15 is 0 Å². The molecule has 2 N–H and O–H groups in total. The normalized spacial score (nSPS) is 16.5. The van der Waals surface area contributed by atoms with Gasteiger partial charge in [0, 0.05) is 19.6 Å². The number of carbonyl (C=O) groups excluding carboxylic acids is 1. The van der Waals surface area contributed by atoms with Gasteiger partial charge in [-0.2, -0.15) is 0 Å². The topological polar surface area (TPSA) is 79.4 Å². The Kier molecular flexibility index (Phi) is 5.73. The van der Waals surface area contributed by atoms with Crippen LogP contribution in [-0.2, 0) is 4.74 Å². The second-order valence-electron chi connectivity index (χ2n) is 5.54. The van der Waals surface area contributed by atoms with Crippen LogP contribution in [0.2, 0.25) is 0 Å². The van der Waals surface area contributed by atoms with Gasteiger partial charge in [-0.3, -0.25) is 10.2 Å². The summed E-state index contributed by atoms with van der Waals surface area (Å²) < 4.78 is 5.44. The lowest BCUT2D eigenvalue weighted by atomic mass is 10.0. The zero-order valence-electron chi connectivity index (χ0n) is 13.6. The van der Waals surface area contributed by atoms with Crippen LogP contribution in [0.4, 0.5) is 9.93 Å². The summed E-state index contributed by atoms with van der Waals surface area (Å²) in [6.45, 7) is 5.54. The van der Waals surface area contributed by atoms with Gasteiger partial charge in [0.2, 0.25) is 5.13 Å².